The Morgan fingerprint density at radius 1 is 1.35 bits per heavy atom. The third kappa shape index (κ3) is 4.73. The lowest BCUT2D eigenvalue weighted by Crippen LogP contribution is -2.45. The molecule has 0 heterocycles. The largest absolute Gasteiger partial charge is 0.370 e. The molecule has 5 nitrogen and oxygen atoms in total. The lowest BCUT2D eigenvalue weighted by atomic mass is 9.79. The summed E-state index contributed by atoms with van der Waals surface area (Å²) in [6, 6.07) is -0.0256. The van der Waals surface area contributed by atoms with Gasteiger partial charge in [-0.05, 0) is 31.6 Å². The zero-order valence-corrected chi connectivity index (χ0v) is 10.4. The fourth-order valence-electron chi connectivity index (χ4n) is 2.31. The van der Waals surface area contributed by atoms with E-state index < -0.39 is 0 Å². The molecule has 0 aromatic carbocycles. The van der Waals surface area contributed by atoms with E-state index in [2.05, 4.69) is 12.2 Å². The van der Waals surface area contributed by atoms with Crippen molar-refractivity contribution >= 4 is 11.8 Å². The minimum absolute atomic E-state index is 0.0218. The SMILES string of the molecule is CC1CCC(N)C(C(=O)NCCCC(N)=O)C1. The summed E-state index contributed by atoms with van der Waals surface area (Å²) in [7, 11) is 0. The van der Waals surface area contributed by atoms with Crippen molar-refractivity contribution in [3.63, 3.8) is 0 Å². The van der Waals surface area contributed by atoms with Gasteiger partial charge in [0, 0.05) is 19.0 Å². The van der Waals surface area contributed by atoms with Crippen LogP contribution in [0.2, 0.25) is 0 Å². The van der Waals surface area contributed by atoms with E-state index in [-0.39, 0.29) is 23.8 Å². The topological polar surface area (TPSA) is 98.2 Å². The third-order valence-corrected chi connectivity index (χ3v) is 3.40. The lowest BCUT2D eigenvalue weighted by molar-refractivity contribution is -0.127. The first kappa shape index (κ1) is 14.0. The third-order valence-electron chi connectivity index (χ3n) is 3.40. The minimum Gasteiger partial charge on any atom is -0.370 e. The van der Waals surface area contributed by atoms with Crippen LogP contribution in [0.1, 0.15) is 39.0 Å². The monoisotopic (exact) mass is 241 g/mol. The second-order valence-corrected chi connectivity index (χ2v) is 5.05. The van der Waals surface area contributed by atoms with Crippen molar-refractivity contribution in [2.75, 3.05) is 6.54 Å². The van der Waals surface area contributed by atoms with Gasteiger partial charge in [-0.1, -0.05) is 6.92 Å². The number of carbonyl (C=O) groups excluding carboxylic acids is 2. The number of nitrogens with one attached hydrogen (secondary N) is 1. The molecule has 0 aromatic heterocycles. The van der Waals surface area contributed by atoms with Crippen LogP contribution in [-0.2, 0) is 9.59 Å². The maximum absolute atomic E-state index is 11.9. The lowest BCUT2D eigenvalue weighted by Gasteiger charge is -2.31. The van der Waals surface area contributed by atoms with Crippen molar-refractivity contribution in [2.45, 2.75) is 45.1 Å². The number of amides is 2. The van der Waals surface area contributed by atoms with E-state index in [1.807, 2.05) is 0 Å². The molecule has 17 heavy (non-hydrogen) atoms. The number of rotatable bonds is 5. The highest BCUT2D eigenvalue weighted by Gasteiger charge is 2.31. The van der Waals surface area contributed by atoms with Crippen LogP contribution in [0.15, 0.2) is 0 Å². The van der Waals surface area contributed by atoms with Crippen molar-refractivity contribution in [1.82, 2.24) is 5.32 Å². The van der Waals surface area contributed by atoms with Crippen molar-refractivity contribution in [3.05, 3.63) is 0 Å². The quantitative estimate of drug-likeness (QED) is 0.597. The van der Waals surface area contributed by atoms with Crippen molar-refractivity contribution in [3.8, 4) is 0 Å². The molecule has 0 radical (unpaired) electrons. The molecular formula is C12H23N3O2. The van der Waals surface area contributed by atoms with Crippen LogP contribution < -0.4 is 16.8 Å². The van der Waals surface area contributed by atoms with Crippen LogP contribution in [0.25, 0.3) is 0 Å². The van der Waals surface area contributed by atoms with Gasteiger partial charge in [0.1, 0.15) is 0 Å². The summed E-state index contributed by atoms with van der Waals surface area (Å²) in [6.07, 6.45) is 3.79. The maximum atomic E-state index is 11.9. The Bertz CT molecular complexity index is 281. The van der Waals surface area contributed by atoms with E-state index in [0.717, 1.165) is 19.3 Å². The summed E-state index contributed by atoms with van der Waals surface area (Å²) in [6.45, 7) is 2.65. The predicted molar refractivity (Wildman–Crippen MR) is 65.9 cm³/mol. The van der Waals surface area contributed by atoms with Gasteiger partial charge in [0.2, 0.25) is 11.8 Å². The summed E-state index contributed by atoms with van der Waals surface area (Å²) >= 11 is 0. The Morgan fingerprint density at radius 2 is 2.06 bits per heavy atom. The Morgan fingerprint density at radius 3 is 2.71 bits per heavy atom. The molecule has 98 valence electrons. The van der Waals surface area contributed by atoms with Crippen molar-refractivity contribution in [1.29, 1.82) is 0 Å². The van der Waals surface area contributed by atoms with Crippen LogP contribution in [0.3, 0.4) is 0 Å². The van der Waals surface area contributed by atoms with Gasteiger partial charge < -0.3 is 16.8 Å². The Labute approximate surface area is 102 Å². The molecule has 1 saturated carbocycles. The zero-order valence-electron chi connectivity index (χ0n) is 10.4. The normalized spacial score (nSPS) is 28.7. The van der Waals surface area contributed by atoms with Crippen LogP contribution in [0.4, 0.5) is 0 Å². The average Bonchev–Trinajstić information content (AvgIpc) is 2.27. The molecule has 0 spiro atoms. The van der Waals surface area contributed by atoms with Gasteiger partial charge in [-0.3, -0.25) is 9.59 Å². The summed E-state index contributed by atoms with van der Waals surface area (Å²) in [5, 5.41) is 2.83. The number of carbonyl (C=O) groups is 2. The minimum atomic E-state index is -0.331. The number of hydrogen-bond acceptors (Lipinski definition) is 3. The molecule has 0 bridgehead atoms. The maximum Gasteiger partial charge on any atom is 0.224 e. The summed E-state index contributed by atoms with van der Waals surface area (Å²) in [4.78, 5) is 22.4. The molecule has 5 heteroatoms. The predicted octanol–water partition coefficient (Wildman–Crippen LogP) is 0.132. The van der Waals surface area contributed by atoms with Crippen LogP contribution in [0.5, 0.6) is 0 Å². The van der Waals surface area contributed by atoms with Gasteiger partial charge in [0.15, 0.2) is 0 Å². The highest BCUT2D eigenvalue weighted by atomic mass is 16.2. The first-order chi connectivity index (χ1) is 8.00. The van der Waals surface area contributed by atoms with E-state index in [1.54, 1.807) is 0 Å². The summed E-state index contributed by atoms with van der Waals surface area (Å²) in [5.41, 5.74) is 11.0. The standard InChI is InChI=1S/C12H23N3O2/c1-8-4-5-10(13)9(7-8)12(17)15-6-2-3-11(14)16/h8-10H,2-7,13H2,1H3,(H2,14,16)(H,15,17). The molecule has 1 rings (SSSR count). The van der Waals surface area contributed by atoms with E-state index >= 15 is 0 Å². The fourth-order valence-corrected chi connectivity index (χ4v) is 2.31. The highest BCUT2D eigenvalue weighted by molar-refractivity contribution is 5.79. The zero-order chi connectivity index (χ0) is 12.8. The Hall–Kier alpha value is -1.10. The molecule has 5 N–H and O–H groups in total. The number of hydrogen-bond donors (Lipinski definition) is 3. The van der Waals surface area contributed by atoms with Crippen LogP contribution >= 0.6 is 0 Å². The fraction of sp³-hybridized carbons (Fsp3) is 0.833. The molecule has 0 aromatic rings. The van der Waals surface area contributed by atoms with Gasteiger partial charge in [0.25, 0.3) is 0 Å². The van der Waals surface area contributed by atoms with E-state index in [9.17, 15) is 9.59 Å². The second-order valence-electron chi connectivity index (χ2n) is 5.05. The molecule has 2 amide bonds. The molecule has 3 unspecified atom stereocenters. The van der Waals surface area contributed by atoms with E-state index in [4.69, 9.17) is 11.5 Å². The number of nitrogens with two attached hydrogens (primary N) is 2. The summed E-state index contributed by atoms with van der Waals surface area (Å²) in [5.74, 6) is 0.180. The molecule has 0 saturated heterocycles. The Kier molecular flexibility index (Phi) is 5.41. The van der Waals surface area contributed by atoms with Gasteiger partial charge in [-0.2, -0.15) is 0 Å². The average molecular weight is 241 g/mol. The molecule has 1 aliphatic rings. The van der Waals surface area contributed by atoms with Crippen molar-refractivity contribution < 1.29 is 9.59 Å². The van der Waals surface area contributed by atoms with Gasteiger partial charge >= 0.3 is 0 Å². The molecular weight excluding hydrogens is 218 g/mol. The van der Waals surface area contributed by atoms with E-state index in [0.29, 0.717) is 25.3 Å². The summed E-state index contributed by atoms with van der Waals surface area (Å²) < 4.78 is 0. The van der Waals surface area contributed by atoms with Crippen LogP contribution in [0, 0.1) is 11.8 Å². The molecule has 1 aliphatic carbocycles. The second kappa shape index (κ2) is 6.59. The van der Waals surface area contributed by atoms with Gasteiger partial charge in [-0.15, -0.1) is 0 Å². The molecule has 0 aliphatic heterocycles. The van der Waals surface area contributed by atoms with Crippen molar-refractivity contribution in [2.24, 2.45) is 23.3 Å². The van der Waals surface area contributed by atoms with E-state index in [1.165, 1.54) is 0 Å². The Balaban J connectivity index is 2.28. The van der Waals surface area contributed by atoms with Gasteiger partial charge in [-0.25, -0.2) is 0 Å². The first-order valence-corrected chi connectivity index (χ1v) is 6.32. The highest BCUT2D eigenvalue weighted by Crippen LogP contribution is 2.27. The molecule has 1 fully saturated rings. The smallest absolute Gasteiger partial charge is 0.224 e. The number of primary amides is 1. The van der Waals surface area contributed by atoms with Gasteiger partial charge in [0.05, 0.1) is 5.92 Å². The molecule has 3 atom stereocenters. The first-order valence-electron chi connectivity index (χ1n) is 6.32. The van der Waals surface area contributed by atoms with Crippen LogP contribution in [-0.4, -0.2) is 24.4 Å².